The van der Waals surface area contributed by atoms with Crippen molar-refractivity contribution in [2.45, 2.75) is 33.7 Å². The molecule has 33 heavy (non-hydrogen) atoms. The van der Waals surface area contributed by atoms with Crippen LogP contribution in [0.4, 0.5) is 5.69 Å². The quantitative estimate of drug-likeness (QED) is 0.341. The molecule has 0 spiro atoms. The molecule has 1 amide bonds. The predicted molar refractivity (Wildman–Crippen MR) is 127 cm³/mol. The molecule has 1 aliphatic rings. The number of nitrogens with zero attached hydrogens (tertiary/aromatic N) is 2. The normalized spacial score (nSPS) is 17.5. The lowest BCUT2D eigenvalue weighted by Gasteiger charge is -2.26. The van der Waals surface area contributed by atoms with Crippen molar-refractivity contribution >= 4 is 23.1 Å². The number of aliphatic hydroxyl groups excluding tert-OH is 1. The summed E-state index contributed by atoms with van der Waals surface area (Å²) in [6, 6.07) is 13.7. The van der Waals surface area contributed by atoms with Gasteiger partial charge in [0.05, 0.1) is 18.2 Å². The monoisotopic (exact) mass is 442 g/mol. The van der Waals surface area contributed by atoms with Crippen LogP contribution in [0.25, 0.3) is 5.76 Å². The highest BCUT2D eigenvalue weighted by molar-refractivity contribution is 6.51. The van der Waals surface area contributed by atoms with Crippen molar-refractivity contribution in [3.63, 3.8) is 0 Å². The first-order valence-corrected chi connectivity index (χ1v) is 10.8. The standard InChI is InChI=1S/C27H26N2O4/c1-5-33-22-7-6-20(15-18(22)4)25(30)23-24(19-8-10-28-11-9-19)29(27(32)26(23)31)21-13-16(2)12-17(3)14-21/h6-15,24,30H,5H2,1-4H3/b25-23-. The Morgan fingerprint density at radius 1 is 1.00 bits per heavy atom. The molecule has 0 saturated carbocycles. The Morgan fingerprint density at radius 3 is 2.27 bits per heavy atom. The first-order chi connectivity index (χ1) is 15.8. The lowest BCUT2D eigenvalue weighted by atomic mass is 9.95. The number of rotatable bonds is 5. The van der Waals surface area contributed by atoms with Crippen LogP contribution >= 0.6 is 0 Å². The number of pyridine rings is 1. The largest absolute Gasteiger partial charge is 0.507 e. The third-order valence-corrected chi connectivity index (χ3v) is 5.70. The Balaban J connectivity index is 1.92. The van der Waals surface area contributed by atoms with E-state index in [4.69, 9.17) is 4.74 Å². The molecule has 2 aromatic carbocycles. The molecule has 1 atom stereocenters. The summed E-state index contributed by atoms with van der Waals surface area (Å²) in [6.07, 6.45) is 3.22. The maximum atomic E-state index is 13.3. The zero-order valence-electron chi connectivity index (χ0n) is 19.1. The van der Waals surface area contributed by atoms with E-state index in [2.05, 4.69) is 4.98 Å². The van der Waals surface area contributed by atoms with Gasteiger partial charge < -0.3 is 9.84 Å². The van der Waals surface area contributed by atoms with Gasteiger partial charge in [-0.2, -0.15) is 0 Å². The lowest BCUT2D eigenvalue weighted by molar-refractivity contribution is -0.132. The Hall–Kier alpha value is -3.93. The summed E-state index contributed by atoms with van der Waals surface area (Å²) in [7, 11) is 0. The highest BCUT2D eigenvalue weighted by Crippen LogP contribution is 2.42. The summed E-state index contributed by atoms with van der Waals surface area (Å²) in [5.74, 6) is -0.908. The summed E-state index contributed by atoms with van der Waals surface area (Å²) < 4.78 is 5.59. The van der Waals surface area contributed by atoms with E-state index in [1.165, 1.54) is 4.90 Å². The van der Waals surface area contributed by atoms with Gasteiger partial charge >= 0.3 is 0 Å². The van der Waals surface area contributed by atoms with Crippen LogP contribution in [-0.2, 0) is 9.59 Å². The minimum Gasteiger partial charge on any atom is -0.507 e. The SMILES string of the molecule is CCOc1ccc(/C(O)=C2/C(=O)C(=O)N(c3cc(C)cc(C)c3)C2c2ccncc2)cc1C. The maximum Gasteiger partial charge on any atom is 0.300 e. The van der Waals surface area contributed by atoms with Crippen LogP contribution in [0.15, 0.2) is 66.5 Å². The molecular formula is C27H26N2O4. The van der Waals surface area contributed by atoms with Crippen LogP contribution in [0, 0.1) is 20.8 Å². The van der Waals surface area contributed by atoms with Crippen LogP contribution in [-0.4, -0.2) is 28.4 Å². The number of Topliss-reactive ketones (excluding diaryl/α,β-unsaturated/α-hetero) is 1. The molecule has 168 valence electrons. The molecule has 4 rings (SSSR count). The average Bonchev–Trinajstić information content (AvgIpc) is 3.05. The fourth-order valence-corrected chi connectivity index (χ4v) is 4.32. The van der Waals surface area contributed by atoms with Gasteiger partial charge in [0, 0.05) is 23.6 Å². The number of ketones is 1. The number of anilines is 1. The Bertz CT molecular complexity index is 1240. The minimum atomic E-state index is -0.777. The number of carbonyl (C=O) groups excluding carboxylic acids is 2. The summed E-state index contributed by atoms with van der Waals surface area (Å²) in [6.45, 7) is 8.18. The highest BCUT2D eigenvalue weighted by Gasteiger charge is 2.47. The van der Waals surface area contributed by atoms with Gasteiger partial charge in [-0.25, -0.2) is 0 Å². The van der Waals surface area contributed by atoms with Gasteiger partial charge in [-0.05, 0) is 92.4 Å². The second kappa shape index (κ2) is 8.90. The van der Waals surface area contributed by atoms with Crippen LogP contribution in [0.2, 0.25) is 0 Å². The molecule has 1 aliphatic heterocycles. The van der Waals surface area contributed by atoms with Crippen molar-refractivity contribution < 1.29 is 19.4 Å². The minimum absolute atomic E-state index is 0.0499. The first-order valence-electron chi connectivity index (χ1n) is 10.8. The topological polar surface area (TPSA) is 79.7 Å². The van der Waals surface area contributed by atoms with E-state index < -0.39 is 17.7 Å². The number of aryl methyl sites for hydroxylation is 3. The van der Waals surface area contributed by atoms with Gasteiger partial charge in [0.2, 0.25) is 0 Å². The van der Waals surface area contributed by atoms with Crippen LogP contribution in [0.1, 0.15) is 40.8 Å². The van der Waals surface area contributed by atoms with E-state index in [9.17, 15) is 14.7 Å². The highest BCUT2D eigenvalue weighted by atomic mass is 16.5. The van der Waals surface area contributed by atoms with E-state index in [1.54, 1.807) is 42.7 Å². The van der Waals surface area contributed by atoms with Crippen molar-refractivity contribution in [2.75, 3.05) is 11.5 Å². The fourth-order valence-electron chi connectivity index (χ4n) is 4.32. The van der Waals surface area contributed by atoms with Crippen molar-refractivity contribution in [2.24, 2.45) is 0 Å². The van der Waals surface area contributed by atoms with E-state index in [1.807, 2.05) is 45.9 Å². The zero-order valence-corrected chi connectivity index (χ0v) is 19.1. The molecular weight excluding hydrogens is 416 g/mol. The predicted octanol–water partition coefficient (Wildman–Crippen LogP) is 5.03. The van der Waals surface area contributed by atoms with Gasteiger partial charge in [0.25, 0.3) is 11.7 Å². The number of aliphatic hydroxyl groups is 1. The zero-order chi connectivity index (χ0) is 23.7. The summed E-state index contributed by atoms with van der Waals surface area (Å²) in [5.41, 5.74) is 4.57. The van der Waals surface area contributed by atoms with Crippen molar-refractivity contribution in [1.29, 1.82) is 0 Å². The second-order valence-corrected chi connectivity index (χ2v) is 8.21. The third kappa shape index (κ3) is 4.12. The van der Waals surface area contributed by atoms with Crippen molar-refractivity contribution in [3.05, 3.63) is 94.3 Å². The number of amides is 1. The summed E-state index contributed by atoms with van der Waals surface area (Å²) >= 11 is 0. The number of benzene rings is 2. The van der Waals surface area contributed by atoms with Gasteiger partial charge in [0.15, 0.2) is 0 Å². The number of carbonyl (C=O) groups is 2. The van der Waals surface area contributed by atoms with E-state index in [-0.39, 0.29) is 11.3 Å². The van der Waals surface area contributed by atoms with Gasteiger partial charge in [-0.3, -0.25) is 19.5 Å². The molecule has 0 aliphatic carbocycles. The molecule has 1 saturated heterocycles. The molecule has 1 N–H and O–H groups in total. The molecule has 0 radical (unpaired) electrons. The molecule has 1 aromatic heterocycles. The molecule has 0 bridgehead atoms. The molecule has 6 nitrogen and oxygen atoms in total. The Labute approximate surface area is 193 Å². The average molecular weight is 443 g/mol. The Kier molecular flexibility index (Phi) is 6.01. The summed E-state index contributed by atoms with van der Waals surface area (Å²) in [4.78, 5) is 32.1. The van der Waals surface area contributed by atoms with Gasteiger partial charge in [0.1, 0.15) is 11.5 Å². The summed E-state index contributed by atoms with van der Waals surface area (Å²) in [5, 5.41) is 11.3. The van der Waals surface area contributed by atoms with Crippen LogP contribution in [0.5, 0.6) is 5.75 Å². The third-order valence-electron chi connectivity index (χ3n) is 5.70. The first kappa shape index (κ1) is 22.3. The van der Waals surface area contributed by atoms with Crippen molar-refractivity contribution in [3.8, 4) is 5.75 Å². The molecule has 1 fully saturated rings. The molecule has 3 aromatic rings. The molecule has 2 heterocycles. The molecule has 6 heteroatoms. The second-order valence-electron chi connectivity index (χ2n) is 8.21. The van der Waals surface area contributed by atoms with Crippen LogP contribution < -0.4 is 9.64 Å². The smallest absolute Gasteiger partial charge is 0.300 e. The fraction of sp³-hybridized carbons (Fsp3) is 0.222. The number of aromatic nitrogens is 1. The van der Waals surface area contributed by atoms with E-state index in [0.29, 0.717) is 29.2 Å². The number of ether oxygens (including phenoxy) is 1. The van der Waals surface area contributed by atoms with Crippen LogP contribution in [0.3, 0.4) is 0 Å². The maximum absolute atomic E-state index is 13.3. The van der Waals surface area contributed by atoms with Gasteiger partial charge in [-0.1, -0.05) is 6.07 Å². The number of hydrogen-bond donors (Lipinski definition) is 1. The lowest BCUT2D eigenvalue weighted by Crippen LogP contribution is -2.29. The van der Waals surface area contributed by atoms with Gasteiger partial charge in [-0.15, -0.1) is 0 Å². The van der Waals surface area contributed by atoms with E-state index in [0.717, 1.165) is 16.7 Å². The number of hydrogen-bond acceptors (Lipinski definition) is 5. The van der Waals surface area contributed by atoms with Crippen molar-refractivity contribution in [1.82, 2.24) is 4.98 Å². The Morgan fingerprint density at radius 2 is 1.67 bits per heavy atom. The molecule has 1 unspecified atom stereocenters. The van der Waals surface area contributed by atoms with E-state index >= 15 is 0 Å².